The quantitative estimate of drug-likeness (QED) is 0.867. The topological polar surface area (TPSA) is 51.1 Å². The van der Waals surface area contributed by atoms with E-state index in [0.717, 1.165) is 31.5 Å². The summed E-state index contributed by atoms with van der Waals surface area (Å²) in [7, 11) is 1.76. The predicted octanol–water partition coefficient (Wildman–Crippen LogP) is 1.05. The zero-order chi connectivity index (χ0) is 17.9. The van der Waals surface area contributed by atoms with Crippen molar-refractivity contribution in [2.75, 3.05) is 39.9 Å². The summed E-state index contributed by atoms with van der Waals surface area (Å²) in [6.07, 6.45) is 2.92. The number of nitrogens with one attached hydrogen (secondary N) is 1. The van der Waals surface area contributed by atoms with Crippen LogP contribution in [0.15, 0.2) is 24.3 Å². The molecule has 1 N–H and O–H groups in total. The number of hydrogen-bond acceptors (Lipinski definition) is 3. The Labute approximate surface area is 153 Å². The lowest BCUT2D eigenvalue weighted by molar-refractivity contribution is -0.900. The van der Waals surface area contributed by atoms with E-state index in [1.54, 1.807) is 18.0 Å². The smallest absolute Gasteiger partial charge is 0.278 e. The number of likely N-dealkylation sites (N-methyl/N-ethyl adjacent to an activating group) is 1. The van der Waals surface area contributed by atoms with Gasteiger partial charge >= 0.3 is 0 Å². The maximum Gasteiger partial charge on any atom is 0.278 e. The molecule has 0 unspecified atom stereocenters. The van der Waals surface area contributed by atoms with Crippen LogP contribution in [-0.2, 0) is 19.9 Å². The van der Waals surface area contributed by atoms with Crippen molar-refractivity contribution in [3.05, 3.63) is 34.9 Å². The first-order chi connectivity index (χ1) is 12.1. The van der Waals surface area contributed by atoms with Crippen molar-refractivity contribution in [2.24, 2.45) is 0 Å². The van der Waals surface area contributed by atoms with Crippen molar-refractivity contribution < 1.29 is 19.2 Å². The Kier molecular flexibility index (Phi) is 5.77. The average molecular weight is 366 g/mol. The predicted molar refractivity (Wildman–Crippen MR) is 95.8 cm³/mol. The summed E-state index contributed by atoms with van der Waals surface area (Å²) in [5.41, 5.74) is -0.173. The van der Waals surface area contributed by atoms with E-state index >= 15 is 0 Å². The number of halogens is 1. The van der Waals surface area contributed by atoms with Crippen molar-refractivity contribution in [2.45, 2.75) is 31.2 Å². The van der Waals surface area contributed by atoms with E-state index in [1.807, 2.05) is 18.2 Å². The maximum atomic E-state index is 13.0. The molecule has 3 rings (SSSR count). The number of quaternary nitrogens is 1. The molecular formula is C19H26ClN2O3+. The van der Waals surface area contributed by atoms with Gasteiger partial charge in [0.1, 0.15) is 18.6 Å². The summed E-state index contributed by atoms with van der Waals surface area (Å²) in [5.74, 6) is 0.0896. The van der Waals surface area contributed by atoms with Crippen LogP contribution in [0.25, 0.3) is 0 Å². The van der Waals surface area contributed by atoms with Gasteiger partial charge in [-0.25, -0.2) is 0 Å². The van der Waals surface area contributed by atoms with Gasteiger partial charge in [0.15, 0.2) is 12.3 Å². The molecule has 0 bridgehead atoms. The number of benzene rings is 1. The molecule has 1 heterocycles. The van der Waals surface area contributed by atoms with E-state index in [-0.39, 0.29) is 11.7 Å². The van der Waals surface area contributed by atoms with Crippen molar-refractivity contribution in [1.82, 2.24) is 4.90 Å². The monoisotopic (exact) mass is 365 g/mol. The first-order valence-corrected chi connectivity index (χ1v) is 9.40. The van der Waals surface area contributed by atoms with Crippen LogP contribution < -0.4 is 4.90 Å². The van der Waals surface area contributed by atoms with Gasteiger partial charge in [-0.2, -0.15) is 0 Å². The van der Waals surface area contributed by atoms with Crippen LogP contribution in [0.1, 0.15) is 31.2 Å². The summed E-state index contributed by atoms with van der Waals surface area (Å²) in [4.78, 5) is 28.9. The molecule has 1 saturated heterocycles. The van der Waals surface area contributed by atoms with Crippen LogP contribution >= 0.6 is 11.6 Å². The molecule has 6 heteroatoms. The molecule has 2 fully saturated rings. The molecule has 25 heavy (non-hydrogen) atoms. The summed E-state index contributed by atoms with van der Waals surface area (Å²) >= 11 is 6.44. The summed E-state index contributed by atoms with van der Waals surface area (Å²) in [6.45, 7) is 3.40. The number of ketones is 1. The standard InChI is InChI=1S/C19H25ClN2O3/c1-21(18(24)14-22-10-12-25-13-11-22)19(9-5-4-8-17(19)23)15-6-2-3-7-16(15)20/h2-3,6-7H,4-5,8-14H2,1H3/p+1/t19-/m0/s1. The normalized spacial score (nSPS) is 25.0. The van der Waals surface area contributed by atoms with Crippen molar-refractivity contribution in [1.29, 1.82) is 0 Å². The number of hydrogen-bond donors (Lipinski definition) is 1. The SMILES string of the molecule is CN(C(=O)C[NH+]1CCOCC1)[C@]1(c2ccccc2Cl)CCCCC1=O. The first kappa shape index (κ1) is 18.4. The van der Waals surface area contributed by atoms with Gasteiger partial charge in [-0.05, 0) is 25.3 Å². The number of rotatable bonds is 4. The molecule has 1 saturated carbocycles. The number of Topliss-reactive ketones (excluding diaryl/α,β-unsaturated/α-hetero) is 1. The maximum absolute atomic E-state index is 13.0. The molecule has 1 aromatic rings. The van der Waals surface area contributed by atoms with Crippen LogP contribution in [0.2, 0.25) is 5.02 Å². The summed E-state index contributed by atoms with van der Waals surface area (Å²) < 4.78 is 5.36. The highest BCUT2D eigenvalue weighted by molar-refractivity contribution is 6.31. The largest absolute Gasteiger partial charge is 0.370 e. The Morgan fingerprint density at radius 1 is 1.28 bits per heavy atom. The van der Waals surface area contributed by atoms with Crippen molar-refractivity contribution in [3.63, 3.8) is 0 Å². The fourth-order valence-corrected chi connectivity index (χ4v) is 4.30. The minimum atomic E-state index is -0.931. The van der Waals surface area contributed by atoms with Gasteiger partial charge in [-0.1, -0.05) is 29.8 Å². The molecule has 1 atom stereocenters. The first-order valence-electron chi connectivity index (χ1n) is 9.02. The summed E-state index contributed by atoms with van der Waals surface area (Å²) in [5, 5.41) is 0.552. The van der Waals surface area contributed by atoms with Crippen LogP contribution in [0, 0.1) is 0 Å². The van der Waals surface area contributed by atoms with Gasteiger partial charge in [0.05, 0.1) is 13.2 Å². The lowest BCUT2D eigenvalue weighted by atomic mass is 9.74. The van der Waals surface area contributed by atoms with Crippen LogP contribution in [0.3, 0.4) is 0 Å². The van der Waals surface area contributed by atoms with E-state index in [1.165, 1.54) is 4.90 Å². The lowest BCUT2D eigenvalue weighted by Crippen LogP contribution is -3.15. The number of carbonyl (C=O) groups excluding carboxylic acids is 2. The summed E-state index contributed by atoms with van der Waals surface area (Å²) in [6, 6.07) is 7.42. The molecule has 0 spiro atoms. The highest BCUT2D eigenvalue weighted by Crippen LogP contribution is 2.42. The third-order valence-corrected chi connectivity index (χ3v) is 5.85. The third kappa shape index (κ3) is 3.59. The van der Waals surface area contributed by atoms with E-state index in [4.69, 9.17) is 16.3 Å². The molecular weight excluding hydrogens is 340 g/mol. The second kappa shape index (κ2) is 7.85. The van der Waals surface area contributed by atoms with Gasteiger partial charge < -0.3 is 14.5 Å². The highest BCUT2D eigenvalue weighted by Gasteiger charge is 2.48. The molecule has 0 aromatic heterocycles. The molecule has 1 amide bonds. The van der Waals surface area contributed by atoms with Crippen LogP contribution in [-0.4, -0.2) is 56.5 Å². The van der Waals surface area contributed by atoms with E-state index in [9.17, 15) is 9.59 Å². The van der Waals surface area contributed by atoms with Crippen LogP contribution in [0.4, 0.5) is 0 Å². The van der Waals surface area contributed by atoms with Gasteiger partial charge in [-0.15, -0.1) is 0 Å². The third-order valence-electron chi connectivity index (χ3n) is 5.52. The minimum absolute atomic E-state index is 0.00734. The molecule has 5 nitrogen and oxygen atoms in total. The molecule has 0 radical (unpaired) electrons. The second-order valence-electron chi connectivity index (χ2n) is 6.96. The zero-order valence-corrected chi connectivity index (χ0v) is 15.5. The van der Waals surface area contributed by atoms with E-state index in [0.29, 0.717) is 37.6 Å². The second-order valence-corrected chi connectivity index (χ2v) is 7.37. The Balaban J connectivity index is 1.90. The minimum Gasteiger partial charge on any atom is -0.370 e. The Morgan fingerprint density at radius 3 is 2.68 bits per heavy atom. The van der Waals surface area contributed by atoms with Crippen molar-refractivity contribution >= 4 is 23.3 Å². The Hall–Kier alpha value is -1.43. The van der Waals surface area contributed by atoms with E-state index in [2.05, 4.69) is 0 Å². The molecule has 136 valence electrons. The average Bonchev–Trinajstić information content (AvgIpc) is 2.63. The number of carbonyl (C=O) groups is 2. The van der Waals surface area contributed by atoms with Gasteiger partial charge in [0.2, 0.25) is 0 Å². The number of amides is 1. The number of morpholine rings is 1. The molecule has 1 aliphatic heterocycles. The van der Waals surface area contributed by atoms with Gasteiger partial charge in [0.25, 0.3) is 5.91 Å². The van der Waals surface area contributed by atoms with Crippen molar-refractivity contribution in [3.8, 4) is 0 Å². The lowest BCUT2D eigenvalue weighted by Gasteiger charge is -2.44. The molecule has 1 aliphatic carbocycles. The molecule has 2 aliphatic rings. The number of nitrogens with zero attached hydrogens (tertiary/aromatic N) is 1. The Bertz CT molecular complexity index is 645. The van der Waals surface area contributed by atoms with Crippen LogP contribution in [0.5, 0.6) is 0 Å². The van der Waals surface area contributed by atoms with E-state index < -0.39 is 5.54 Å². The zero-order valence-electron chi connectivity index (χ0n) is 14.7. The molecule has 1 aromatic carbocycles. The highest BCUT2D eigenvalue weighted by atomic mass is 35.5. The number of ether oxygens (including phenoxy) is 1. The van der Waals surface area contributed by atoms with Gasteiger partial charge in [0, 0.05) is 24.1 Å². The van der Waals surface area contributed by atoms with Gasteiger partial charge in [-0.3, -0.25) is 9.59 Å². The fraction of sp³-hybridized carbons (Fsp3) is 0.579. The Morgan fingerprint density at radius 2 is 2.00 bits per heavy atom. The fourth-order valence-electron chi connectivity index (χ4n) is 4.01.